The monoisotopic (exact) mass is 318 g/mol. The molecule has 0 heterocycles. The zero-order valence-corrected chi connectivity index (χ0v) is 12.8. The summed E-state index contributed by atoms with van der Waals surface area (Å²) in [4.78, 5) is 11.9. The second-order valence-corrected chi connectivity index (χ2v) is 4.77. The molecule has 2 aromatic rings. The van der Waals surface area contributed by atoms with E-state index in [9.17, 15) is 13.6 Å². The molecule has 120 valence electrons. The zero-order chi connectivity index (χ0) is 16.9. The molecule has 0 N–H and O–H groups in total. The van der Waals surface area contributed by atoms with Gasteiger partial charge in [0.15, 0.2) is 11.5 Å². The van der Waals surface area contributed by atoms with Gasteiger partial charge in [0, 0.05) is 5.56 Å². The minimum Gasteiger partial charge on any atom is -0.493 e. The minimum absolute atomic E-state index is 0.0329. The Morgan fingerprint density at radius 1 is 1.00 bits per heavy atom. The molecule has 2 aromatic carbocycles. The number of carbonyl (C=O) groups excluding carboxylic acids is 1. The van der Waals surface area contributed by atoms with E-state index < -0.39 is 11.7 Å². The second kappa shape index (κ2) is 7.05. The summed E-state index contributed by atoms with van der Waals surface area (Å²) in [5, 5.41) is 0. The average molecular weight is 318 g/mol. The Hall–Kier alpha value is -2.69. The van der Waals surface area contributed by atoms with Crippen molar-refractivity contribution in [3.05, 3.63) is 65.7 Å². The lowest BCUT2D eigenvalue weighted by atomic mass is 10.0. The van der Waals surface area contributed by atoms with Crippen LogP contribution >= 0.6 is 0 Å². The van der Waals surface area contributed by atoms with E-state index in [4.69, 9.17) is 9.47 Å². The number of alkyl halides is 2. The number of methoxy groups -OCH3 is 2. The van der Waals surface area contributed by atoms with Crippen LogP contribution in [0.5, 0.6) is 11.5 Å². The average Bonchev–Trinajstić information content (AvgIpc) is 2.59. The molecule has 0 fully saturated rings. The molecule has 3 nitrogen and oxygen atoms in total. The first-order valence-electron chi connectivity index (χ1n) is 6.87. The molecule has 0 radical (unpaired) electrons. The quantitative estimate of drug-likeness (QED) is 0.748. The van der Waals surface area contributed by atoms with Crippen LogP contribution in [0.3, 0.4) is 0 Å². The van der Waals surface area contributed by atoms with Crippen molar-refractivity contribution in [2.45, 2.75) is 5.92 Å². The van der Waals surface area contributed by atoms with Crippen LogP contribution in [0.4, 0.5) is 8.78 Å². The number of hydrogen-bond donors (Lipinski definition) is 0. The highest BCUT2D eigenvalue weighted by atomic mass is 19.3. The minimum atomic E-state index is -3.59. The first-order chi connectivity index (χ1) is 11.0. The van der Waals surface area contributed by atoms with E-state index in [0.717, 1.165) is 0 Å². The van der Waals surface area contributed by atoms with Crippen molar-refractivity contribution in [3.63, 3.8) is 0 Å². The van der Waals surface area contributed by atoms with E-state index in [0.29, 0.717) is 23.1 Å². The summed E-state index contributed by atoms with van der Waals surface area (Å²) in [5.74, 6) is -3.91. The number of benzene rings is 2. The van der Waals surface area contributed by atoms with Gasteiger partial charge in [-0.3, -0.25) is 4.79 Å². The fourth-order valence-corrected chi connectivity index (χ4v) is 2.02. The van der Waals surface area contributed by atoms with Crippen LogP contribution < -0.4 is 9.47 Å². The summed E-state index contributed by atoms with van der Waals surface area (Å²) in [6.07, 6.45) is 1.77. The Kier molecular flexibility index (Phi) is 5.11. The third-order valence-electron chi connectivity index (χ3n) is 3.23. The molecule has 23 heavy (non-hydrogen) atoms. The van der Waals surface area contributed by atoms with Crippen molar-refractivity contribution < 1.29 is 23.0 Å². The predicted molar refractivity (Wildman–Crippen MR) is 84.3 cm³/mol. The lowest BCUT2D eigenvalue weighted by Crippen LogP contribution is -2.25. The van der Waals surface area contributed by atoms with Gasteiger partial charge >= 0.3 is 5.92 Å². The largest absolute Gasteiger partial charge is 0.493 e. The highest BCUT2D eigenvalue weighted by Crippen LogP contribution is 2.29. The van der Waals surface area contributed by atoms with Gasteiger partial charge in [0.1, 0.15) is 0 Å². The Bertz CT molecular complexity index is 709. The molecule has 0 aliphatic heterocycles. The van der Waals surface area contributed by atoms with E-state index in [1.54, 1.807) is 36.4 Å². The van der Waals surface area contributed by atoms with Crippen LogP contribution in [0, 0.1) is 0 Å². The van der Waals surface area contributed by atoms with Crippen LogP contribution in [0.25, 0.3) is 6.08 Å². The number of allylic oxidation sites excluding steroid dienone is 1. The van der Waals surface area contributed by atoms with Crippen LogP contribution in [-0.2, 0) is 0 Å². The SMILES string of the molecule is COc1ccc(/C=C/C(F)(F)C(=O)c2ccccc2)cc1OC. The van der Waals surface area contributed by atoms with Gasteiger partial charge in [-0.1, -0.05) is 42.5 Å². The molecular weight excluding hydrogens is 302 g/mol. The zero-order valence-electron chi connectivity index (χ0n) is 12.8. The number of ether oxygens (including phenoxy) is 2. The Morgan fingerprint density at radius 2 is 1.65 bits per heavy atom. The number of Topliss-reactive ketones (excluding diaryl/α,β-unsaturated/α-hetero) is 1. The van der Waals surface area contributed by atoms with Crippen molar-refractivity contribution in [2.75, 3.05) is 14.2 Å². The summed E-state index contributed by atoms with van der Waals surface area (Å²) in [7, 11) is 2.94. The second-order valence-electron chi connectivity index (χ2n) is 4.77. The molecule has 5 heteroatoms. The van der Waals surface area contributed by atoms with E-state index in [2.05, 4.69) is 0 Å². The van der Waals surface area contributed by atoms with Gasteiger partial charge in [-0.25, -0.2) is 0 Å². The number of rotatable bonds is 6. The van der Waals surface area contributed by atoms with Crippen LogP contribution in [0.15, 0.2) is 54.6 Å². The smallest absolute Gasteiger partial charge is 0.328 e. The van der Waals surface area contributed by atoms with Crippen molar-refractivity contribution in [1.29, 1.82) is 0 Å². The Morgan fingerprint density at radius 3 is 2.26 bits per heavy atom. The lowest BCUT2D eigenvalue weighted by Gasteiger charge is -2.11. The van der Waals surface area contributed by atoms with Crippen LogP contribution in [0.1, 0.15) is 15.9 Å². The Balaban J connectivity index is 2.23. The fraction of sp³-hybridized carbons (Fsp3) is 0.167. The van der Waals surface area contributed by atoms with Crippen molar-refractivity contribution >= 4 is 11.9 Å². The predicted octanol–water partition coefficient (Wildman–Crippen LogP) is 4.24. The van der Waals surface area contributed by atoms with Gasteiger partial charge in [-0.05, 0) is 23.8 Å². The summed E-state index contributed by atoms with van der Waals surface area (Å²) < 4.78 is 38.2. The first-order valence-corrected chi connectivity index (χ1v) is 6.87. The van der Waals surface area contributed by atoms with Gasteiger partial charge in [0.05, 0.1) is 14.2 Å². The molecule has 0 atom stereocenters. The third kappa shape index (κ3) is 3.94. The van der Waals surface area contributed by atoms with E-state index in [-0.39, 0.29) is 5.56 Å². The normalized spacial score (nSPS) is 11.5. The molecule has 0 spiro atoms. The molecule has 0 saturated heterocycles. The standard InChI is InChI=1S/C18H16F2O3/c1-22-15-9-8-13(12-16(15)23-2)10-11-18(19,20)17(21)14-6-4-3-5-7-14/h3-12H,1-2H3/b11-10+. The molecule has 0 amide bonds. The molecular formula is C18H16F2O3. The maximum atomic E-state index is 14.0. The number of halogens is 2. The van der Waals surface area contributed by atoms with E-state index in [1.807, 2.05) is 0 Å². The molecule has 0 aliphatic carbocycles. The van der Waals surface area contributed by atoms with Crippen LogP contribution in [-0.4, -0.2) is 25.9 Å². The topological polar surface area (TPSA) is 35.5 Å². The van der Waals surface area contributed by atoms with E-state index >= 15 is 0 Å². The number of carbonyl (C=O) groups is 1. The van der Waals surface area contributed by atoms with Gasteiger partial charge < -0.3 is 9.47 Å². The summed E-state index contributed by atoms with van der Waals surface area (Å²) in [6.45, 7) is 0. The summed E-state index contributed by atoms with van der Waals surface area (Å²) >= 11 is 0. The van der Waals surface area contributed by atoms with Crippen LogP contribution in [0.2, 0.25) is 0 Å². The molecule has 0 bridgehead atoms. The molecule has 0 aromatic heterocycles. The maximum Gasteiger partial charge on any atom is 0.328 e. The maximum absolute atomic E-state index is 14.0. The van der Waals surface area contributed by atoms with Gasteiger partial charge in [-0.15, -0.1) is 0 Å². The van der Waals surface area contributed by atoms with Gasteiger partial charge in [0.25, 0.3) is 0 Å². The van der Waals surface area contributed by atoms with Crippen molar-refractivity contribution in [1.82, 2.24) is 0 Å². The number of hydrogen-bond acceptors (Lipinski definition) is 3. The fourth-order valence-electron chi connectivity index (χ4n) is 2.02. The molecule has 0 saturated carbocycles. The molecule has 0 aliphatic rings. The first kappa shape index (κ1) is 16.7. The third-order valence-corrected chi connectivity index (χ3v) is 3.23. The van der Waals surface area contributed by atoms with Gasteiger partial charge in [0.2, 0.25) is 5.78 Å². The number of ketones is 1. The van der Waals surface area contributed by atoms with Crippen molar-refractivity contribution in [2.24, 2.45) is 0 Å². The van der Waals surface area contributed by atoms with Gasteiger partial charge in [-0.2, -0.15) is 8.78 Å². The molecule has 2 rings (SSSR count). The lowest BCUT2D eigenvalue weighted by molar-refractivity contribution is 0.0385. The summed E-state index contributed by atoms with van der Waals surface area (Å²) in [6, 6.07) is 12.2. The molecule has 0 unspecified atom stereocenters. The highest BCUT2D eigenvalue weighted by Gasteiger charge is 2.36. The summed E-state index contributed by atoms with van der Waals surface area (Å²) in [5.41, 5.74) is 0.442. The van der Waals surface area contributed by atoms with Crippen molar-refractivity contribution in [3.8, 4) is 11.5 Å². The van der Waals surface area contributed by atoms with E-state index in [1.165, 1.54) is 32.4 Å². The Labute approximate surface area is 133 Å². The highest BCUT2D eigenvalue weighted by molar-refractivity contribution is 6.03.